The second-order valence-electron chi connectivity index (χ2n) is 17.8. The van der Waals surface area contributed by atoms with E-state index in [1.54, 1.807) is 51.7 Å². The maximum absolute atomic E-state index is 14.0. The van der Waals surface area contributed by atoms with Crippen LogP contribution < -0.4 is 16.0 Å². The molecule has 0 aliphatic carbocycles. The van der Waals surface area contributed by atoms with Crippen molar-refractivity contribution in [2.24, 2.45) is 5.92 Å². The van der Waals surface area contributed by atoms with Crippen LogP contribution in [0.3, 0.4) is 0 Å². The molecule has 5 aliphatic heterocycles. The summed E-state index contributed by atoms with van der Waals surface area (Å²) in [5, 5.41) is 19.0. The van der Waals surface area contributed by atoms with Crippen molar-refractivity contribution in [2.75, 3.05) is 62.3 Å². The van der Waals surface area contributed by atoms with E-state index in [2.05, 4.69) is 20.9 Å². The third-order valence-electron chi connectivity index (χ3n) is 13.5. The molecule has 0 aromatic heterocycles. The van der Waals surface area contributed by atoms with E-state index in [1.165, 1.54) is 11.8 Å². The maximum Gasteiger partial charge on any atom is 0.263 e. The number of carbonyl (C=O) groups excluding carboxylic acids is 6. The third kappa shape index (κ3) is 9.37. The number of hydrogen-bond donors (Lipinski definition) is 4. The van der Waals surface area contributed by atoms with Gasteiger partial charge in [0.15, 0.2) is 0 Å². The number of anilines is 2. The van der Waals surface area contributed by atoms with Crippen molar-refractivity contribution in [1.29, 1.82) is 0 Å². The number of piperidine rings is 1. The smallest absolute Gasteiger partial charge is 0.263 e. The fraction of sp³-hybridized carbons (Fsp3) is 0.388. The van der Waals surface area contributed by atoms with E-state index in [9.17, 15) is 42.3 Å². The standard InChI is InChI=1S/C49H53N7O9S2/c1-30-11-14-34(15-12-30)67(64,65)55-22-19-35-39(29-57)51-38-16-13-32(27-37(38)46(35)55)31-6-2-7-33(26-31)50-42(58)10-4-21-54-24-23-53(28-44(54)60)20-5-25-66-41-9-3-8-36-45(41)49(63)56(48(36)62)40-17-18-43(59)52-47(40)61/h2-3,6-9,11-16,26-27,35,39-40,46,51,57H,4-5,10,17-25,28-29H2,1H3,(H,50,58)(H,52,59,61)/t35-,39+,40?,46-/m1/s1. The van der Waals surface area contributed by atoms with Gasteiger partial charge >= 0.3 is 0 Å². The number of fused-ring (bicyclic) bond motifs is 4. The summed E-state index contributed by atoms with van der Waals surface area (Å²) in [7, 11) is -3.82. The normalized spacial score (nSPS) is 22.0. The molecule has 16 nitrogen and oxygen atoms in total. The molecule has 3 fully saturated rings. The predicted octanol–water partition coefficient (Wildman–Crippen LogP) is 4.65. The third-order valence-corrected chi connectivity index (χ3v) is 16.5. The Morgan fingerprint density at radius 2 is 1.66 bits per heavy atom. The number of nitrogens with zero attached hydrogens (tertiary/aromatic N) is 4. The summed E-state index contributed by atoms with van der Waals surface area (Å²) < 4.78 is 29.6. The van der Waals surface area contributed by atoms with Crippen molar-refractivity contribution in [3.63, 3.8) is 0 Å². The molecule has 4 aromatic rings. The molecular weight excluding hydrogens is 895 g/mol. The first kappa shape index (κ1) is 46.2. The van der Waals surface area contributed by atoms with Crippen molar-refractivity contribution in [1.82, 2.24) is 24.3 Å². The van der Waals surface area contributed by atoms with Crippen LogP contribution in [0.5, 0.6) is 0 Å². The molecule has 0 saturated carbocycles. The van der Waals surface area contributed by atoms with Crippen LogP contribution in [-0.2, 0) is 29.2 Å². The molecular formula is C49H53N7O9S2. The fourth-order valence-corrected chi connectivity index (χ4v) is 12.7. The number of benzene rings is 4. The molecule has 0 radical (unpaired) electrons. The van der Waals surface area contributed by atoms with Gasteiger partial charge in [0, 0.05) is 61.2 Å². The number of hydrogen-bond acceptors (Lipinski definition) is 12. The number of imide groups is 2. The van der Waals surface area contributed by atoms with Crippen LogP contribution in [0, 0.1) is 12.8 Å². The van der Waals surface area contributed by atoms with Gasteiger partial charge in [-0.15, -0.1) is 11.8 Å². The molecule has 67 heavy (non-hydrogen) atoms. The lowest BCUT2D eigenvalue weighted by molar-refractivity contribution is -0.137. The largest absolute Gasteiger partial charge is 0.394 e. The first-order chi connectivity index (χ1) is 32.3. The van der Waals surface area contributed by atoms with Crippen molar-refractivity contribution < 1.29 is 42.3 Å². The zero-order valence-corrected chi connectivity index (χ0v) is 38.7. The highest BCUT2D eigenvalue weighted by Crippen LogP contribution is 2.49. The van der Waals surface area contributed by atoms with Gasteiger partial charge in [-0.1, -0.05) is 42.0 Å². The van der Waals surface area contributed by atoms with E-state index < -0.39 is 45.7 Å². The van der Waals surface area contributed by atoms with Gasteiger partial charge in [-0.3, -0.25) is 43.9 Å². The van der Waals surface area contributed by atoms with Crippen LogP contribution in [0.15, 0.2) is 94.7 Å². The lowest BCUT2D eigenvalue weighted by Gasteiger charge is -2.39. The number of aryl methyl sites for hydroxylation is 1. The summed E-state index contributed by atoms with van der Waals surface area (Å²) >= 11 is 1.45. The van der Waals surface area contributed by atoms with Crippen LogP contribution in [0.1, 0.15) is 76.4 Å². The molecule has 1 unspecified atom stereocenters. The van der Waals surface area contributed by atoms with Gasteiger partial charge in [-0.2, -0.15) is 4.31 Å². The van der Waals surface area contributed by atoms with Gasteiger partial charge in [0.05, 0.1) is 41.3 Å². The van der Waals surface area contributed by atoms with E-state index in [1.807, 2.05) is 49.4 Å². The molecule has 0 spiro atoms. The van der Waals surface area contributed by atoms with Crippen LogP contribution in [-0.4, -0.2) is 132 Å². The van der Waals surface area contributed by atoms with Crippen LogP contribution >= 0.6 is 11.8 Å². The highest BCUT2D eigenvalue weighted by molar-refractivity contribution is 7.99. The highest BCUT2D eigenvalue weighted by atomic mass is 32.2. The number of piperazine rings is 1. The number of aliphatic hydroxyl groups excluding tert-OH is 1. The van der Waals surface area contributed by atoms with Crippen LogP contribution in [0.4, 0.5) is 11.4 Å². The Hall–Kier alpha value is -5.92. The summed E-state index contributed by atoms with van der Waals surface area (Å²) in [6, 6.07) is 23.6. The molecule has 3 saturated heterocycles. The average Bonchev–Trinajstić information content (AvgIpc) is 3.88. The zero-order chi connectivity index (χ0) is 47.0. The SMILES string of the molecule is Cc1ccc(S(=O)(=O)N2CC[C@@H]3[C@H](CO)Nc4ccc(-c5cccc(NC(=O)CCCN6CCN(CCCSc7cccc8c7C(=O)N(C7CCC(=O)NC7=O)C8=O)CC6=O)c5)cc4[C@@H]32)cc1. The predicted molar refractivity (Wildman–Crippen MR) is 252 cm³/mol. The Morgan fingerprint density at radius 1 is 0.866 bits per heavy atom. The summed E-state index contributed by atoms with van der Waals surface area (Å²) in [5.41, 5.74) is 5.46. The molecule has 9 rings (SSSR count). The van der Waals surface area contributed by atoms with Crippen molar-refractivity contribution >= 4 is 68.6 Å². The number of carbonyl (C=O) groups is 6. The van der Waals surface area contributed by atoms with Crippen molar-refractivity contribution in [3.05, 3.63) is 107 Å². The summed E-state index contributed by atoms with van der Waals surface area (Å²) in [6.07, 6.45) is 2.21. The van der Waals surface area contributed by atoms with Gasteiger partial charge in [0.2, 0.25) is 33.7 Å². The van der Waals surface area contributed by atoms with E-state index in [4.69, 9.17) is 0 Å². The van der Waals surface area contributed by atoms with E-state index >= 15 is 0 Å². The average molecular weight is 948 g/mol. The van der Waals surface area contributed by atoms with E-state index in [-0.39, 0.29) is 72.2 Å². The summed E-state index contributed by atoms with van der Waals surface area (Å²) in [4.78, 5) is 82.8. The molecule has 18 heteroatoms. The molecule has 5 aliphatic rings. The molecule has 4 aromatic carbocycles. The topological polar surface area (TPSA) is 206 Å². The number of amides is 6. The Kier molecular flexibility index (Phi) is 13.3. The molecule has 6 amide bonds. The quantitative estimate of drug-likeness (QED) is 0.0731. The molecule has 0 bridgehead atoms. The lowest BCUT2D eigenvalue weighted by Crippen LogP contribution is -2.54. The zero-order valence-electron chi connectivity index (χ0n) is 37.1. The molecule has 4 N–H and O–H groups in total. The monoisotopic (exact) mass is 947 g/mol. The van der Waals surface area contributed by atoms with Crippen LogP contribution in [0.2, 0.25) is 0 Å². The Morgan fingerprint density at radius 3 is 2.43 bits per heavy atom. The lowest BCUT2D eigenvalue weighted by atomic mass is 9.82. The van der Waals surface area contributed by atoms with Crippen molar-refractivity contribution in [2.45, 2.75) is 73.4 Å². The van der Waals surface area contributed by atoms with E-state index in [0.29, 0.717) is 61.9 Å². The Labute approximate surface area is 393 Å². The molecule has 4 atom stereocenters. The fourth-order valence-electron chi connectivity index (χ4n) is 10.0. The number of aliphatic hydroxyl groups is 1. The van der Waals surface area contributed by atoms with Gasteiger partial charge in [0.1, 0.15) is 6.04 Å². The van der Waals surface area contributed by atoms with Gasteiger partial charge < -0.3 is 20.6 Å². The Balaban J connectivity index is 0.744. The van der Waals surface area contributed by atoms with Gasteiger partial charge in [0.25, 0.3) is 11.8 Å². The van der Waals surface area contributed by atoms with E-state index in [0.717, 1.165) is 39.3 Å². The minimum absolute atomic E-state index is 0.00235. The van der Waals surface area contributed by atoms with Crippen molar-refractivity contribution in [3.8, 4) is 11.1 Å². The summed E-state index contributed by atoms with van der Waals surface area (Å²) in [5.74, 6) is -1.79. The minimum Gasteiger partial charge on any atom is -0.394 e. The number of nitrogens with one attached hydrogen (secondary N) is 3. The molecule has 5 heterocycles. The second-order valence-corrected chi connectivity index (χ2v) is 20.8. The van der Waals surface area contributed by atoms with Gasteiger partial charge in [-0.25, -0.2) is 8.42 Å². The summed E-state index contributed by atoms with van der Waals surface area (Å²) in [6.45, 7) is 4.76. The molecule has 350 valence electrons. The number of rotatable bonds is 15. The Bertz CT molecular complexity index is 2750. The number of sulfonamides is 1. The van der Waals surface area contributed by atoms with Gasteiger partial charge in [-0.05, 0) is 110 Å². The first-order valence-corrected chi connectivity index (χ1v) is 25.2. The first-order valence-electron chi connectivity index (χ1n) is 22.8. The minimum atomic E-state index is -3.82. The highest BCUT2D eigenvalue weighted by Gasteiger charge is 2.49. The van der Waals surface area contributed by atoms with Crippen LogP contribution in [0.25, 0.3) is 11.1 Å². The number of thioether (sulfide) groups is 1. The second kappa shape index (κ2) is 19.4. The maximum atomic E-state index is 14.0.